The van der Waals surface area contributed by atoms with Crippen LogP contribution in [0.1, 0.15) is 41.4 Å². The predicted octanol–water partition coefficient (Wildman–Crippen LogP) is 2.40. The third-order valence-corrected chi connectivity index (χ3v) is 7.52. The lowest BCUT2D eigenvalue weighted by molar-refractivity contribution is -0.154. The number of thiazole rings is 1. The van der Waals surface area contributed by atoms with Crippen LogP contribution in [0.15, 0.2) is 72.4 Å². The number of rotatable bonds is 8. The maximum absolute atomic E-state index is 13.4. The number of hydrogen-bond donors (Lipinski definition) is 4. The molecule has 0 saturated heterocycles. The molecule has 4 atom stereocenters. The molecule has 0 fully saturated rings. The summed E-state index contributed by atoms with van der Waals surface area (Å²) in [6.45, 7) is 1.99. The number of hydrogen-bond acceptors (Lipinski definition) is 8. The SMILES string of the molecule is CNc1nc(C2c3ccccc3CN2C(=O)[C@H](O)[C@@H](O)C(=O)N[C@H](C)c2ccc(-n3cccn3)cc2)cs1. The lowest BCUT2D eigenvalue weighted by Crippen LogP contribution is -2.50. The normalized spacial score (nSPS) is 16.9. The molecule has 3 heterocycles. The molecule has 0 saturated carbocycles. The van der Waals surface area contributed by atoms with Crippen LogP contribution in [0, 0.1) is 0 Å². The zero-order valence-electron chi connectivity index (χ0n) is 20.9. The fraction of sp³-hybridized carbons (Fsp3) is 0.259. The van der Waals surface area contributed by atoms with Gasteiger partial charge in [0.1, 0.15) is 6.04 Å². The number of aromatic nitrogens is 3. The number of carbonyl (C=O) groups is 2. The summed E-state index contributed by atoms with van der Waals surface area (Å²) in [5, 5.41) is 33.9. The first-order valence-corrected chi connectivity index (χ1v) is 13.0. The number of nitrogens with one attached hydrogen (secondary N) is 2. The van der Waals surface area contributed by atoms with Gasteiger partial charge in [0.05, 0.1) is 17.4 Å². The average molecular weight is 533 g/mol. The minimum Gasteiger partial charge on any atom is -0.380 e. The van der Waals surface area contributed by atoms with Crippen molar-refractivity contribution in [1.82, 2.24) is 25.0 Å². The fourth-order valence-corrected chi connectivity index (χ4v) is 5.30. The van der Waals surface area contributed by atoms with Crippen molar-refractivity contribution in [2.75, 3.05) is 12.4 Å². The molecule has 0 spiro atoms. The molecule has 10 nitrogen and oxygen atoms in total. The number of aliphatic hydroxyl groups is 2. The molecule has 2 aromatic carbocycles. The van der Waals surface area contributed by atoms with Crippen LogP contribution in [-0.4, -0.2) is 60.9 Å². The molecule has 11 heteroatoms. The van der Waals surface area contributed by atoms with Gasteiger partial charge in [0.15, 0.2) is 17.3 Å². The Morgan fingerprint density at radius 3 is 2.53 bits per heavy atom. The van der Waals surface area contributed by atoms with Crippen LogP contribution in [0.5, 0.6) is 0 Å². The number of benzene rings is 2. The summed E-state index contributed by atoms with van der Waals surface area (Å²) in [6, 6.07) is 15.8. The lowest BCUT2D eigenvalue weighted by atomic mass is 10.0. The Morgan fingerprint density at radius 1 is 1.08 bits per heavy atom. The van der Waals surface area contributed by atoms with E-state index in [1.54, 1.807) is 24.9 Å². The van der Waals surface area contributed by atoms with Crippen LogP contribution in [0.25, 0.3) is 5.69 Å². The smallest absolute Gasteiger partial charge is 0.255 e. The van der Waals surface area contributed by atoms with Crippen molar-refractivity contribution in [3.63, 3.8) is 0 Å². The Hall–Kier alpha value is -4.06. The van der Waals surface area contributed by atoms with E-state index in [0.29, 0.717) is 10.8 Å². The first-order valence-electron chi connectivity index (χ1n) is 12.2. The van der Waals surface area contributed by atoms with E-state index in [1.807, 2.05) is 66.2 Å². The van der Waals surface area contributed by atoms with Crippen LogP contribution in [0.3, 0.4) is 0 Å². The third kappa shape index (κ3) is 4.91. The van der Waals surface area contributed by atoms with Gasteiger partial charge in [0.25, 0.3) is 11.8 Å². The number of fused-ring (bicyclic) bond motifs is 1. The minimum absolute atomic E-state index is 0.233. The molecule has 1 aliphatic heterocycles. The van der Waals surface area contributed by atoms with E-state index in [0.717, 1.165) is 22.4 Å². The molecule has 2 aromatic heterocycles. The number of aliphatic hydroxyl groups excluding tert-OH is 2. The van der Waals surface area contributed by atoms with Crippen LogP contribution in [-0.2, 0) is 16.1 Å². The summed E-state index contributed by atoms with van der Waals surface area (Å²) in [4.78, 5) is 32.3. The van der Waals surface area contributed by atoms with E-state index in [9.17, 15) is 19.8 Å². The number of amides is 2. The topological polar surface area (TPSA) is 133 Å². The molecule has 1 unspecified atom stereocenters. The van der Waals surface area contributed by atoms with Gasteiger partial charge in [-0.25, -0.2) is 9.67 Å². The molecule has 0 radical (unpaired) electrons. The minimum atomic E-state index is -1.94. The van der Waals surface area contributed by atoms with Gasteiger partial charge in [-0.1, -0.05) is 36.4 Å². The summed E-state index contributed by atoms with van der Waals surface area (Å²) in [5.41, 5.74) is 4.12. The van der Waals surface area contributed by atoms with Gasteiger partial charge in [-0.3, -0.25) is 9.59 Å². The van der Waals surface area contributed by atoms with Gasteiger partial charge >= 0.3 is 0 Å². The molecule has 4 N–H and O–H groups in total. The molecule has 38 heavy (non-hydrogen) atoms. The monoisotopic (exact) mass is 532 g/mol. The maximum atomic E-state index is 13.4. The van der Waals surface area contributed by atoms with Gasteiger partial charge in [0, 0.05) is 31.4 Å². The van der Waals surface area contributed by atoms with Crippen molar-refractivity contribution < 1.29 is 19.8 Å². The van der Waals surface area contributed by atoms with Crippen LogP contribution < -0.4 is 10.6 Å². The van der Waals surface area contributed by atoms with Gasteiger partial charge in [0.2, 0.25) is 0 Å². The van der Waals surface area contributed by atoms with E-state index >= 15 is 0 Å². The summed E-state index contributed by atoms with van der Waals surface area (Å²) >= 11 is 1.41. The number of anilines is 1. The second-order valence-electron chi connectivity index (χ2n) is 9.06. The molecular weight excluding hydrogens is 504 g/mol. The predicted molar refractivity (Wildman–Crippen MR) is 143 cm³/mol. The van der Waals surface area contributed by atoms with Gasteiger partial charge in [-0.05, 0) is 41.8 Å². The number of nitrogens with zero attached hydrogens (tertiary/aromatic N) is 4. The Labute approximate surface area is 223 Å². The first kappa shape index (κ1) is 25.6. The summed E-state index contributed by atoms with van der Waals surface area (Å²) in [5.74, 6) is -1.59. The Morgan fingerprint density at radius 2 is 1.84 bits per heavy atom. The van der Waals surface area contributed by atoms with Crippen LogP contribution in [0.4, 0.5) is 5.13 Å². The van der Waals surface area contributed by atoms with Gasteiger partial charge in [-0.2, -0.15) is 5.10 Å². The van der Waals surface area contributed by atoms with Crippen molar-refractivity contribution in [3.8, 4) is 5.69 Å². The molecule has 196 valence electrons. The third-order valence-electron chi connectivity index (χ3n) is 6.64. The van der Waals surface area contributed by atoms with Crippen molar-refractivity contribution in [2.24, 2.45) is 0 Å². The van der Waals surface area contributed by atoms with E-state index in [1.165, 1.54) is 16.2 Å². The molecule has 0 bridgehead atoms. The molecule has 5 rings (SSSR count). The lowest BCUT2D eigenvalue weighted by Gasteiger charge is -2.28. The first-order chi connectivity index (χ1) is 18.4. The highest BCUT2D eigenvalue weighted by Crippen LogP contribution is 2.39. The van der Waals surface area contributed by atoms with Crippen molar-refractivity contribution in [3.05, 3.63) is 94.8 Å². The number of carbonyl (C=O) groups excluding carboxylic acids is 2. The summed E-state index contributed by atoms with van der Waals surface area (Å²) in [6.07, 6.45) is -0.374. The van der Waals surface area contributed by atoms with Crippen molar-refractivity contribution in [2.45, 2.75) is 37.8 Å². The molecule has 1 aliphatic rings. The van der Waals surface area contributed by atoms with Crippen molar-refractivity contribution >= 4 is 28.3 Å². The zero-order valence-corrected chi connectivity index (χ0v) is 21.7. The van der Waals surface area contributed by atoms with Crippen LogP contribution >= 0.6 is 11.3 Å². The van der Waals surface area contributed by atoms with Gasteiger partial charge in [-0.15, -0.1) is 11.3 Å². The van der Waals surface area contributed by atoms with Crippen molar-refractivity contribution in [1.29, 1.82) is 0 Å². The molecule has 0 aliphatic carbocycles. The van der Waals surface area contributed by atoms with E-state index < -0.39 is 36.1 Å². The average Bonchev–Trinajstić information content (AvgIpc) is 3.71. The second kappa shape index (κ2) is 10.7. The highest BCUT2D eigenvalue weighted by Gasteiger charge is 2.41. The molecule has 2 amide bonds. The standard InChI is InChI=1S/C27H28N6O4S/c1-16(17-8-10-19(11-9-17)33-13-5-12-29-33)30-25(36)23(34)24(35)26(37)32-14-18-6-3-4-7-20(18)22(32)21-15-38-27(28-2)31-21/h3-13,15-16,22-24,34-35H,14H2,1-2H3,(H,28,31)(H,30,36)/t16-,22?,23-,24-/m1/s1. The zero-order chi connectivity index (χ0) is 26.8. The molecule has 4 aromatic rings. The van der Waals surface area contributed by atoms with E-state index in [2.05, 4.69) is 20.7 Å². The van der Waals surface area contributed by atoms with E-state index in [-0.39, 0.29) is 6.54 Å². The van der Waals surface area contributed by atoms with E-state index in [4.69, 9.17) is 0 Å². The quantitative estimate of drug-likeness (QED) is 0.274. The summed E-state index contributed by atoms with van der Waals surface area (Å²) < 4.78 is 1.72. The second-order valence-corrected chi connectivity index (χ2v) is 9.92. The summed E-state index contributed by atoms with van der Waals surface area (Å²) in [7, 11) is 1.77. The Kier molecular flexibility index (Phi) is 7.23. The largest absolute Gasteiger partial charge is 0.380 e. The highest BCUT2D eigenvalue weighted by atomic mass is 32.1. The van der Waals surface area contributed by atoms with Gasteiger partial charge < -0.3 is 25.7 Å². The Balaban J connectivity index is 1.28. The molecular formula is C27H28N6O4S. The maximum Gasteiger partial charge on any atom is 0.255 e. The Bertz CT molecular complexity index is 1420. The highest BCUT2D eigenvalue weighted by molar-refractivity contribution is 7.13. The van der Waals surface area contributed by atoms with Crippen LogP contribution in [0.2, 0.25) is 0 Å². The fourth-order valence-electron chi connectivity index (χ4n) is 4.61.